The van der Waals surface area contributed by atoms with Crippen molar-refractivity contribution in [3.05, 3.63) is 40.0 Å². The van der Waals surface area contributed by atoms with Crippen LogP contribution in [0, 0.1) is 0 Å². The van der Waals surface area contributed by atoms with Crippen molar-refractivity contribution in [1.82, 2.24) is 9.97 Å². The van der Waals surface area contributed by atoms with Crippen LogP contribution in [0.1, 0.15) is 25.8 Å². The second-order valence-electron chi connectivity index (χ2n) is 4.48. The zero-order valence-corrected chi connectivity index (χ0v) is 13.5. The minimum atomic E-state index is 0.328. The molecule has 21 heavy (non-hydrogen) atoms. The highest BCUT2D eigenvalue weighted by atomic mass is 35.5. The molecule has 0 aliphatic carbocycles. The summed E-state index contributed by atoms with van der Waals surface area (Å²) in [6.45, 7) is 4.90. The standard InChI is InChI=1S/C15H17Cl2N3O/c1-3-7-18-15-19-9-13(17)14(20-15)21-11-5-6-12(16)10(4-2)8-11/h5-6,8-9H,3-4,7H2,1-2H3,(H,18,19,20). The molecule has 6 heteroatoms. The lowest BCUT2D eigenvalue weighted by atomic mass is 10.1. The summed E-state index contributed by atoms with van der Waals surface area (Å²) in [4.78, 5) is 8.38. The topological polar surface area (TPSA) is 47.0 Å². The Balaban J connectivity index is 2.22. The molecule has 1 aromatic carbocycles. The van der Waals surface area contributed by atoms with Gasteiger partial charge in [0.1, 0.15) is 10.8 Å². The van der Waals surface area contributed by atoms with Crippen molar-refractivity contribution < 1.29 is 4.74 Å². The molecule has 0 spiro atoms. The van der Waals surface area contributed by atoms with Crippen molar-refractivity contribution in [3.63, 3.8) is 0 Å². The molecule has 0 amide bonds. The molecule has 0 unspecified atom stereocenters. The number of aromatic nitrogens is 2. The summed E-state index contributed by atoms with van der Waals surface area (Å²) >= 11 is 12.2. The average Bonchev–Trinajstić information content (AvgIpc) is 2.50. The van der Waals surface area contributed by atoms with Crippen molar-refractivity contribution >= 4 is 29.2 Å². The van der Waals surface area contributed by atoms with Gasteiger partial charge in [-0.1, -0.05) is 37.0 Å². The molecule has 0 aliphatic heterocycles. The molecule has 0 radical (unpaired) electrons. The highest BCUT2D eigenvalue weighted by molar-refractivity contribution is 6.32. The molecular weight excluding hydrogens is 309 g/mol. The maximum Gasteiger partial charge on any atom is 0.243 e. The van der Waals surface area contributed by atoms with Gasteiger partial charge in [0.25, 0.3) is 0 Å². The zero-order chi connectivity index (χ0) is 15.2. The second kappa shape index (κ2) is 7.48. The number of hydrogen-bond donors (Lipinski definition) is 1. The monoisotopic (exact) mass is 325 g/mol. The molecule has 0 saturated heterocycles. The van der Waals surface area contributed by atoms with Gasteiger partial charge in [-0.3, -0.25) is 0 Å². The van der Waals surface area contributed by atoms with Crippen molar-refractivity contribution in [3.8, 4) is 11.6 Å². The molecule has 1 aromatic heterocycles. The van der Waals surface area contributed by atoms with E-state index in [1.54, 1.807) is 12.1 Å². The van der Waals surface area contributed by atoms with Crippen molar-refractivity contribution in [1.29, 1.82) is 0 Å². The molecule has 0 fully saturated rings. The Bertz CT molecular complexity index is 620. The van der Waals surface area contributed by atoms with Gasteiger partial charge in [0.2, 0.25) is 11.8 Å². The smallest absolute Gasteiger partial charge is 0.243 e. The summed E-state index contributed by atoms with van der Waals surface area (Å²) in [5.41, 5.74) is 1.02. The first-order valence-electron chi connectivity index (χ1n) is 6.86. The van der Waals surface area contributed by atoms with E-state index in [-0.39, 0.29) is 0 Å². The van der Waals surface area contributed by atoms with Gasteiger partial charge in [-0.05, 0) is 36.6 Å². The predicted octanol–water partition coefficient (Wildman–Crippen LogP) is 4.96. The number of anilines is 1. The molecule has 0 aliphatic rings. The van der Waals surface area contributed by atoms with Gasteiger partial charge in [-0.15, -0.1) is 0 Å². The third-order valence-corrected chi connectivity index (χ3v) is 3.49. The van der Waals surface area contributed by atoms with Crippen molar-refractivity contribution in [2.24, 2.45) is 0 Å². The van der Waals surface area contributed by atoms with Gasteiger partial charge in [-0.25, -0.2) is 4.98 Å². The maximum absolute atomic E-state index is 6.10. The summed E-state index contributed by atoms with van der Waals surface area (Å²) in [7, 11) is 0. The number of aryl methyl sites for hydroxylation is 1. The van der Waals surface area contributed by atoms with Crippen LogP contribution in [0.25, 0.3) is 0 Å². The average molecular weight is 326 g/mol. The Morgan fingerprint density at radius 3 is 2.71 bits per heavy atom. The first kappa shape index (κ1) is 15.9. The Hall–Kier alpha value is -1.52. The van der Waals surface area contributed by atoms with Crippen molar-refractivity contribution in [2.75, 3.05) is 11.9 Å². The molecule has 4 nitrogen and oxygen atoms in total. The zero-order valence-electron chi connectivity index (χ0n) is 12.0. The summed E-state index contributed by atoms with van der Waals surface area (Å²) < 4.78 is 5.75. The normalized spacial score (nSPS) is 10.5. The van der Waals surface area contributed by atoms with Crippen LogP contribution in [-0.4, -0.2) is 16.5 Å². The lowest BCUT2D eigenvalue weighted by Crippen LogP contribution is -2.04. The van der Waals surface area contributed by atoms with Crippen LogP contribution in [0.15, 0.2) is 24.4 Å². The summed E-state index contributed by atoms with van der Waals surface area (Å²) in [5, 5.41) is 4.19. The van der Waals surface area contributed by atoms with Crippen LogP contribution in [0.2, 0.25) is 10.0 Å². The van der Waals surface area contributed by atoms with E-state index in [1.165, 1.54) is 6.20 Å². The van der Waals surface area contributed by atoms with E-state index < -0.39 is 0 Å². The Labute approximate surface area is 134 Å². The number of nitrogens with zero attached hydrogens (tertiary/aromatic N) is 2. The summed E-state index contributed by atoms with van der Waals surface area (Å²) in [6, 6.07) is 5.49. The second-order valence-corrected chi connectivity index (χ2v) is 5.30. The minimum Gasteiger partial charge on any atom is -0.437 e. The summed E-state index contributed by atoms with van der Waals surface area (Å²) in [5.74, 6) is 1.48. The van der Waals surface area contributed by atoms with E-state index in [0.717, 1.165) is 30.0 Å². The van der Waals surface area contributed by atoms with E-state index in [9.17, 15) is 0 Å². The van der Waals surface area contributed by atoms with Crippen LogP contribution < -0.4 is 10.1 Å². The fourth-order valence-corrected chi connectivity index (χ4v) is 2.12. The maximum atomic E-state index is 6.10. The molecule has 1 heterocycles. The molecule has 1 N–H and O–H groups in total. The fourth-order valence-electron chi connectivity index (χ4n) is 1.74. The van der Waals surface area contributed by atoms with Crippen molar-refractivity contribution in [2.45, 2.75) is 26.7 Å². The van der Waals surface area contributed by atoms with Gasteiger partial charge in [0, 0.05) is 11.6 Å². The van der Waals surface area contributed by atoms with Gasteiger partial charge in [-0.2, -0.15) is 4.98 Å². The summed E-state index contributed by atoms with van der Waals surface area (Å²) in [6.07, 6.45) is 3.34. The number of hydrogen-bond acceptors (Lipinski definition) is 4. The number of halogens is 2. The van der Waals surface area contributed by atoms with E-state index in [2.05, 4.69) is 22.2 Å². The molecule has 0 saturated carbocycles. The highest BCUT2D eigenvalue weighted by Crippen LogP contribution is 2.30. The quantitative estimate of drug-likeness (QED) is 0.815. The van der Waals surface area contributed by atoms with E-state index in [4.69, 9.17) is 27.9 Å². The predicted molar refractivity (Wildman–Crippen MR) is 86.7 cm³/mol. The minimum absolute atomic E-state index is 0.328. The highest BCUT2D eigenvalue weighted by Gasteiger charge is 2.09. The largest absolute Gasteiger partial charge is 0.437 e. The van der Waals surface area contributed by atoms with Gasteiger partial charge >= 0.3 is 0 Å². The number of ether oxygens (including phenoxy) is 1. The SMILES string of the molecule is CCCNc1ncc(Cl)c(Oc2ccc(Cl)c(CC)c2)n1. The molecule has 2 aromatic rings. The van der Waals surface area contributed by atoms with E-state index in [0.29, 0.717) is 22.6 Å². The Kier molecular flexibility index (Phi) is 5.65. The molecule has 0 atom stereocenters. The van der Waals surface area contributed by atoms with Crippen LogP contribution in [0.5, 0.6) is 11.6 Å². The Morgan fingerprint density at radius 2 is 2.00 bits per heavy atom. The first-order chi connectivity index (χ1) is 10.1. The fraction of sp³-hybridized carbons (Fsp3) is 0.333. The number of benzene rings is 1. The number of nitrogens with one attached hydrogen (secondary N) is 1. The molecule has 112 valence electrons. The van der Waals surface area contributed by atoms with Crippen LogP contribution in [0.3, 0.4) is 0 Å². The van der Waals surface area contributed by atoms with Gasteiger partial charge in [0.05, 0.1) is 6.20 Å². The van der Waals surface area contributed by atoms with Gasteiger partial charge < -0.3 is 10.1 Å². The third-order valence-electron chi connectivity index (χ3n) is 2.86. The lowest BCUT2D eigenvalue weighted by molar-refractivity contribution is 0.462. The first-order valence-corrected chi connectivity index (χ1v) is 7.62. The van der Waals surface area contributed by atoms with Crippen LogP contribution in [-0.2, 0) is 6.42 Å². The third kappa shape index (κ3) is 4.22. The molecule has 2 rings (SSSR count). The van der Waals surface area contributed by atoms with E-state index >= 15 is 0 Å². The van der Waals surface area contributed by atoms with Gasteiger partial charge in [0.15, 0.2) is 0 Å². The molecular formula is C15H17Cl2N3O. The van der Waals surface area contributed by atoms with Crippen LogP contribution >= 0.6 is 23.2 Å². The van der Waals surface area contributed by atoms with E-state index in [1.807, 2.05) is 13.0 Å². The molecule has 0 bridgehead atoms. The number of rotatable bonds is 6. The van der Waals surface area contributed by atoms with Crippen LogP contribution in [0.4, 0.5) is 5.95 Å². The lowest BCUT2D eigenvalue weighted by Gasteiger charge is -2.10. The Morgan fingerprint density at radius 1 is 1.19 bits per heavy atom.